The van der Waals surface area contributed by atoms with Crippen molar-refractivity contribution < 1.29 is 22.4 Å². The van der Waals surface area contributed by atoms with Gasteiger partial charge in [-0.25, -0.2) is 9.07 Å². The highest BCUT2D eigenvalue weighted by atomic mass is 19.4. The summed E-state index contributed by atoms with van der Waals surface area (Å²) in [7, 11) is 0. The van der Waals surface area contributed by atoms with Gasteiger partial charge in [0.15, 0.2) is 5.78 Å². The molecule has 2 aromatic rings. The van der Waals surface area contributed by atoms with Gasteiger partial charge < -0.3 is 5.32 Å². The second-order valence-corrected chi connectivity index (χ2v) is 6.58. The molecule has 0 spiro atoms. The lowest BCUT2D eigenvalue weighted by Gasteiger charge is -2.34. The third kappa shape index (κ3) is 2.58. The molecule has 0 unspecified atom stereocenters. The third-order valence-electron chi connectivity index (χ3n) is 4.58. The number of benzene rings is 1. The van der Waals surface area contributed by atoms with Crippen LogP contribution >= 0.6 is 0 Å². The second kappa shape index (κ2) is 5.65. The Hall–Kier alpha value is -2.71. The summed E-state index contributed by atoms with van der Waals surface area (Å²) in [5.74, 6) is -2.29. The van der Waals surface area contributed by atoms with E-state index in [2.05, 4.69) is 15.4 Å². The van der Waals surface area contributed by atoms with Crippen LogP contribution in [0.4, 0.5) is 23.5 Å². The van der Waals surface area contributed by atoms with E-state index in [1.54, 1.807) is 6.07 Å². The van der Waals surface area contributed by atoms with Gasteiger partial charge in [0.05, 0.1) is 0 Å². The number of fused-ring (bicyclic) bond motifs is 1. The van der Waals surface area contributed by atoms with Crippen molar-refractivity contribution in [3.05, 3.63) is 52.7 Å². The van der Waals surface area contributed by atoms with Crippen LogP contribution in [0.3, 0.4) is 0 Å². The maximum Gasteiger partial charge on any atom is 0.453 e. The van der Waals surface area contributed by atoms with Gasteiger partial charge in [-0.1, -0.05) is 25.1 Å². The summed E-state index contributed by atoms with van der Waals surface area (Å²) in [6.45, 7) is 1.88. The van der Waals surface area contributed by atoms with Crippen molar-refractivity contribution in [1.82, 2.24) is 14.8 Å². The molecule has 1 aliphatic heterocycles. The highest BCUT2D eigenvalue weighted by Crippen LogP contribution is 2.42. The monoisotopic (exact) mass is 366 g/mol. The van der Waals surface area contributed by atoms with Crippen molar-refractivity contribution in [2.45, 2.75) is 32.0 Å². The lowest BCUT2D eigenvalue weighted by Crippen LogP contribution is -2.34. The maximum atomic E-state index is 14.4. The van der Waals surface area contributed by atoms with Crippen LogP contribution in [-0.4, -0.2) is 20.5 Å². The summed E-state index contributed by atoms with van der Waals surface area (Å²) >= 11 is 0. The van der Waals surface area contributed by atoms with Crippen LogP contribution in [-0.2, 0) is 11.0 Å². The van der Waals surface area contributed by atoms with Gasteiger partial charge in [-0.2, -0.15) is 18.2 Å². The molecule has 0 fully saturated rings. The summed E-state index contributed by atoms with van der Waals surface area (Å²) in [4.78, 5) is 16.2. The minimum atomic E-state index is -4.75. The molecular weight excluding hydrogens is 352 g/mol. The van der Waals surface area contributed by atoms with Gasteiger partial charge in [-0.3, -0.25) is 4.79 Å². The van der Waals surface area contributed by atoms with Gasteiger partial charge in [0, 0.05) is 23.3 Å². The number of allylic oxidation sites excluding steroid dienone is 2. The van der Waals surface area contributed by atoms with Gasteiger partial charge in [0.2, 0.25) is 5.95 Å². The van der Waals surface area contributed by atoms with Gasteiger partial charge in [0.25, 0.3) is 5.82 Å². The molecule has 1 aromatic heterocycles. The number of hydrogen-bond donors (Lipinski definition) is 1. The Balaban J connectivity index is 1.94. The minimum Gasteiger partial charge on any atom is -0.328 e. The first-order valence-corrected chi connectivity index (χ1v) is 8.07. The number of hydrogen-bond acceptors (Lipinski definition) is 4. The molecule has 0 amide bonds. The molecule has 26 heavy (non-hydrogen) atoms. The Morgan fingerprint density at radius 2 is 1.96 bits per heavy atom. The molecule has 1 aromatic carbocycles. The van der Waals surface area contributed by atoms with Crippen molar-refractivity contribution in [1.29, 1.82) is 0 Å². The molecule has 2 aliphatic rings. The number of nitrogens with one attached hydrogen (secondary N) is 1. The molecule has 0 saturated heterocycles. The SMILES string of the molecule is C[C@@H]1CC(=O)C2=C(C1)Nc1nc(C(F)(F)F)nn1[C@@H]2c1ccccc1F. The number of anilines is 1. The zero-order valence-electron chi connectivity index (χ0n) is 13.6. The standard InChI is InChI=1S/C17H14F4N4O/c1-8-6-11-13(12(26)7-8)14(9-4-2-3-5-10(9)18)25-16(22-11)23-15(24-25)17(19,20)21/h2-5,8,14H,6-7H2,1H3,(H,22,23,24)/t8-,14+/m0/s1. The molecule has 4 rings (SSSR count). The second-order valence-electron chi connectivity index (χ2n) is 6.58. The largest absolute Gasteiger partial charge is 0.453 e. The molecule has 1 aliphatic carbocycles. The number of Topliss-reactive ketones (excluding diaryl/α,β-unsaturated/α-hetero) is 1. The lowest BCUT2D eigenvalue weighted by atomic mass is 9.81. The maximum absolute atomic E-state index is 14.4. The number of aromatic nitrogens is 3. The van der Waals surface area contributed by atoms with Gasteiger partial charge in [-0.05, 0) is 18.4 Å². The number of rotatable bonds is 1. The van der Waals surface area contributed by atoms with Gasteiger partial charge >= 0.3 is 6.18 Å². The van der Waals surface area contributed by atoms with E-state index < -0.39 is 23.9 Å². The molecule has 0 radical (unpaired) electrons. The van der Waals surface area contributed by atoms with Crippen LogP contribution < -0.4 is 5.32 Å². The Labute approximate surface area is 145 Å². The predicted molar refractivity (Wildman–Crippen MR) is 83.6 cm³/mol. The first kappa shape index (κ1) is 16.7. The predicted octanol–water partition coefficient (Wildman–Crippen LogP) is 3.70. The van der Waals surface area contributed by atoms with Crippen LogP contribution in [0.2, 0.25) is 0 Å². The Morgan fingerprint density at radius 3 is 2.65 bits per heavy atom. The fraction of sp³-hybridized carbons (Fsp3) is 0.353. The van der Waals surface area contributed by atoms with E-state index in [1.165, 1.54) is 18.2 Å². The van der Waals surface area contributed by atoms with E-state index in [9.17, 15) is 22.4 Å². The number of carbonyl (C=O) groups excluding carboxylic acids is 1. The number of alkyl halides is 3. The molecule has 0 saturated carbocycles. The molecule has 136 valence electrons. The molecule has 2 atom stereocenters. The van der Waals surface area contributed by atoms with Crippen molar-refractivity contribution in [3.8, 4) is 0 Å². The summed E-state index contributed by atoms with van der Waals surface area (Å²) in [5.41, 5.74) is 0.819. The quantitative estimate of drug-likeness (QED) is 0.782. The first-order valence-electron chi connectivity index (χ1n) is 8.07. The molecule has 9 heteroatoms. The summed E-state index contributed by atoms with van der Waals surface area (Å²) in [5, 5.41) is 6.33. The molecule has 1 N–H and O–H groups in total. The Morgan fingerprint density at radius 1 is 1.23 bits per heavy atom. The van der Waals surface area contributed by atoms with E-state index in [4.69, 9.17) is 0 Å². The lowest BCUT2D eigenvalue weighted by molar-refractivity contribution is -0.145. The molecule has 5 nitrogen and oxygen atoms in total. The van der Waals surface area contributed by atoms with Crippen LogP contribution in [0.5, 0.6) is 0 Å². The normalized spacial score (nSPS) is 22.7. The van der Waals surface area contributed by atoms with Gasteiger partial charge in [0.1, 0.15) is 11.9 Å². The molecule has 2 heterocycles. The van der Waals surface area contributed by atoms with E-state index in [-0.39, 0.29) is 35.2 Å². The summed E-state index contributed by atoms with van der Waals surface area (Å²) in [6.07, 6.45) is -4.02. The smallest absolute Gasteiger partial charge is 0.328 e. The average molecular weight is 366 g/mol. The topological polar surface area (TPSA) is 59.8 Å². The van der Waals surface area contributed by atoms with E-state index in [0.29, 0.717) is 12.1 Å². The fourth-order valence-electron chi connectivity index (χ4n) is 3.51. The highest BCUT2D eigenvalue weighted by molar-refractivity contribution is 5.99. The summed E-state index contributed by atoms with van der Waals surface area (Å²) in [6, 6.07) is 4.61. The van der Waals surface area contributed by atoms with E-state index >= 15 is 0 Å². The minimum absolute atomic E-state index is 0.0339. The molecular formula is C17H14F4N4O. The van der Waals surface area contributed by atoms with Crippen LogP contribution in [0, 0.1) is 11.7 Å². The van der Waals surface area contributed by atoms with E-state index in [0.717, 1.165) is 4.68 Å². The van der Waals surface area contributed by atoms with Crippen molar-refractivity contribution in [2.75, 3.05) is 5.32 Å². The van der Waals surface area contributed by atoms with E-state index in [1.807, 2.05) is 6.92 Å². The zero-order chi connectivity index (χ0) is 18.6. The van der Waals surface area contributed by atoms with Crippen molar-refractivity contribution in [2.24, 2.45) is 5.92 Å². The number of ketones is 1. The van der Waals surface area contributed by atoms with Crippen LogP contribution in [0.1, 0.15) is 37.2 Å². The van der Waals surface area contributed by atoms with Crippen molar-refractivity contribution >= 4 is 11.7 Å². The van der Waals surface area contributed by atoms with Crippen LogP contribution in [0.15, 0.2) is 35.5 Å². The first-order chi connectivity index (χ1) is 12.3. The zero-order valence-corrected chi connectivity index (χ0v) is 13.6. The molecule has 0 bridgehead atoms. The summed E-state index contributed by atoms with van der Waals surface area (Å²) < 4.78 is 54.6. The third-order valence-corrected chi connectivity index (χ3v) is 4.58. The number of halogens is 4. The fourth-order valence-corrected chi connectivity index (χ4v) is 3.51. The van der Waals surface area contributed by atoms with Gasteiger partial charge in [-0.15, -0.1) is 5.10 Å². The van der Waals surface area contributed by atoms with Crippen LogP contribution in [0.25, 0.3) is 0 Å². The Bertz CT molecular complexity index is 931. The number of carbonyl (C=O) groups is 1. The number of nitrogens with zero attached hydrogens (tertiary/aromatic N) is 3. The highest BCUT2D eigenvalue weighted by Gasteiger charge is 2.43. The van der Waals surface area contributed by atoms with Crippen molar-refractivity contribution in [3.63, 3.8) is 0 Å². The Kier molecular flexibility index (Phi) is 3.64. The average Bonchev–Trinajstić information content (AvgIpc) is 2.97.